The van der Waals surface area contributed by atoms with Crippen LogP contribution in [0.2, 0.25) is 0 Å². The van der Waals surface area contributed by atoms with Crippen LogP contribution in [-0.4, -0.2) is 40.2 Å². The van der Waals surface area contributed by atoms with Gasteiger partial charge in [-0.15, -0.1) is 0 Å². The Kier molecular flexibility index (Phi) is 5.42. The number of aromatic nitrogens is 1. The normalized spacial score (nSPS) is 20.1. The zero-order valence-electron chi connectivity index (χ0n) is 19.9. The predicted molar refractivity (Wildman–Crippen MR) is 139 cm³/mol. The number of para-hydroxylation sites is 1. The first-order chi connectivity index (χ1) is 17.5. The molecule has 3 amide bonds. The van der Waals surface area contributed by atoms with Crippen molar-refractivity contribution in [1.29, 1.82) is 0 Å². The van der Waals surface area contributed by atoms with E-state index in [2.05, 4.69) is 45.5 Å². The molecule has 0 radical (unpaired) electrons. The van der Waals surface area contributed by atoms with Gasteiger partial charge in [-0.2, -0.15) is 0 Å². The fraction of sp³-hybridized carbons (Fsp3) is 0.207. The van der Waals surface area contributed by atoms with Crippen molar-refractivity contribution in [2.45, 2.75) is 31.8 Å². The number of rotatable bonds is 4. The molecule has 0 spiro atoms. The minimum Gasteiger partial charge on any atom is -0.357 e. The van der Waals surface area contributed by atoms with Crippen LogP contribution in [0, 0.1) is 0 Å². The molecular weight excluding hydrogens is 452 g/mol. The molecule has 2 atom stereocenters. The number of carbonyl (C=O) groups is 3. The molecule has 2 aliphatic heterocycles. The third-order valence-electron chi connectivity index (χ3n) is 7.17. The summed E-state index contributed by atoms with van der Waals surface area (Å²) in [6.45, 7) is 2.66. The number of amides is 3. The number of fused-ring (bicyclic) bond motifs is 3. The van der Waals surface area contributed by atoms with Crippen LogP contribution in [-0.2, 0) is 20.9 Å². The molecule has 4 aromatic rings. The Bertz CT molecular complexity index is 1480. The highest BCUT2D eigenvalue weighted by molar-refractivity contribution is 6.22. The molecule has 6 rings (SSSR count). The summed E-state index contributed by atoms with van der Waals surface area (Å²) in [4.78, 5) is 44.9. The monoisotopic (exact) mass is 478 g/mol. The van der Waals surface area contributed by atoms with E-state index in [0.717, 1.165) is 11.2 Å². The minimum atomic E-state index is -0.529. The molecule has 7 heteroatoms. The average Bonchev–Trinajstić information content (AvgIpc) is 3.40. The number of H-pyrrole nitrogens is 1. The van der Waals surface area contributed by atoms with Crippen molar-refractivity contribution in [3.63, 3.8) is 0 Å². The SMILES string of the molecule is CC(=O)Nc1ccc(N2C(=O)C[C@@H](N3Cc4[nH]c5ccccc5c4[C@H](c4ccccc4)C3)C2=O)cc1. The number of nitrogens with one attached hydrogen (secondary N) is 2. The number of hydrogen-bond donors (Lipinski definition) is 2. The number of hydrogen-bond acceptors (Lipinski definition) is 4. The van der Waals surface area contributed by atoms with Gasteiger partial charge < -0.3 is 10.3 Å². The summed E-state index contributed by atoms with van der Waals surface area (Å²) < 4.78 is 0. The first-order valence-electron chi connectivity index (χ1n) is 12.1. The second-order valence-electron chi connectivity index (χ2n) is 9.47. The Morgan fingerprint density at radius 1 is 0.944 bits per heavy atom. The Morgan fingerprint density at radius 3 is 2.42 bits per heavy atom. The maximum atomic E-state index is 13.6. The van der Waals surface area contributed by atoms with Crippen LogP contribution in [0.1, 0.15) is 36.1 Å². The highest BCUT2D eigenvalue weighted by Crippen LogP contribution is 2.40. The summed E-state index contributed by atoms with van der Waals surface area (Å²) in [7, 11) is 0. The number of nitrogens with zero attached hydrogens (tertiary/aromatic N) is 2. The molecule has 3 aromatic carbocycles. The first-order valence-corrected chi connectivity index (χ1v) is 12.1. The van der Waals surface area contributed by atoms with Gasteiger partial charge in [-0.05, 0) is 41.5 Å². The van der Waals surface area contributed by atoms with Crippen molar-refractivity contribution >= 4 is 40.0 Å². The quantitative estimate of drug-likeness (QED) is 0.426. The van der Waals surface area contributed by atoms with E-state index in [1.54, 1.807) is 24.3 Å². The molecule has 2 N–H and O–H groups in total. The molecule has 0 aliphatic carbocycles. The van der Waals surface area contributed by atoms with Gasteiger partial charge >= 0.3 is 0 Å². The Hall–Kier alpha value is -4.23. The Morgan fingerprint density at radius 2 is 1.67 bits per heavy atom. The highest BCUT2D eigenvalue weighted by Gasteiger charge is 2.45. The van der Waals surface area contributed by atoms with Crippen LogP contribution in [0.15, 0.2) is 78.9 Å². The number of benzene rings is 3. The lowest BCUT2D eigenvalue weighted by Crippen LogP contribution is -2.45. The standard InChI is InChI=1S/C29H26N4O3/c1-18(34)30-20-11-13-21(14-12-20)33-27(35)15-26(29(33)36)32-16-23(19-7-3-2-4-8-19)28-22-9-5-6-10-24(22)31-25(28)17-32/h2-14,23,26,31H,15-17H2,1H3,(H,30,34)/t23-,26+/m0/s1. The molecule has 1 fully saturated rings. The van der Waals surface area contributed by atoms with Crippen molar-refractivity contribution in [3.8, 4) is 0 Å². The summed E-state index contributed by atoms with van der Waals surface area (Å²) in [5.41, 5.74) is 5.78. The average molecular weight is 479 g/mol. The summed E-state index contributed by atoms with van der Waals surface area (Å²) in [6, 6.07) is 24.9. The molecule has 0 saturated carbocycles. The van der Waals surface area contributed by atoms with Crippen LogP contribution in [0.4, 0.5) is 11.4 Å². The van der Waals surface area contributed by atoms with Crippen molar-refractivity contribution in [2.24, 2.45) is 0 Å². The van der Waals surface area contributed by atoms with Gasteiger partial charge in [-0.1, -0.05) is 48.5 Å². The van der Waals surface area contributed by atoms with Gasteiger partial charge in [0.05, 0.1) is 18.2 Å². The van der Waals surface area contributed by atoms with Gasteiger partial charge in [-0.3, -0.25) is 19.3 Å². The molecule has 3 heterocycles. The molecule has 1 aromatic heterocycles. The van der Waals surface area contributed by atoms with E-state index in [1.807, 2.05) is 24.3 Å². The van der Waals surface area contributed by atoms with Crippen molar-refractivity contribution in [1.82, 2.24) is 9.88 Å². The fourth-order valence-corrected chi connectivity index (χ4v) is 5.60. The largest absolute Gasteiger partial charge is 0.357 e. The lowest BCUT2D eigenvalue weighted by molar-refractivity contribution is -0.123. The van der Waals surface area contributed by atoms with E-state index < -0.39 is 6.04 Å². The third-order valence-corrected chi connectivity index (χ3v) is 7.17. The first kappa shape index (κ1) is 22.2. The van der Waals surface area contributed by atoms with Gasteiger partial charge in [-0.25, -0.2) is 4.90 Å². The third kappa shape index (κ3) is 3.78. The molecule has 0 bridgehead atoms. The second-order valence-corrected chi connectivity index (χ2v) is 9.47. The molecule has 180 valence electrons. The number of carbonyl (C=O) groups excluding carboxylic acids is 3. The van der Waals surface area contributed by atoms with Crippen LogP contribution in [0.25, 0.3) is 10.9 Å². The van der Waals surface area contributed by atoms with Crippen molar-refractivity contribution < 1.29 is 14.4 Å². The van der Waals surface area contributed by atoms with Crippen molar-refractivity contribution in [3.05, 3.63) is 95.7 Å². The highest BCUT2D eigenvalue weighted by atomic mass is 16.2. The summed E-state index contributed by atoms with van der Waals surface area (Å²) in [6.07, 6.45) is 0.142. The van der Waals surface area contributed by atoms with Crippen LogP contribution in [0.3, 0.4) is 0 Å². The Labute approximate surface area is 208 Å². The summed E-state index contributed by atoms with van der Waals surface area (Å²) in [5.74, 6) is -0.514. The smallest absolute Gasteiger partial charge is 0.251 e. The minimum absolute atomic E-state index is 0.0833. The van der Waals surface area contributed by atoms with Gasteiger partial charge in [0.1, 0.15) is 0 Å². The van der Waals surface area contributed by atoms with E-state index >= 15 is 0 Å². The molecule has 36 heavy (non-hydrogen) atoms. The van der Waals surface area contributed by atoms with E-state index in [9.17, 15) is 14.4 Å². The topological polar surface area (TPSA) is 85.5 Å². The fourth-order valence-electron chi connectivity index (χ4n) is 5.60. The second kappa shape index (κ2) is 8.77. The maximum Gasteiger partial charge on any atom is 0.251 e. The van der Waals surface area contributed by atoms with E-state index in [-0.39, 0.29) is 30.1 Å². The van der Waals surface area contributed by atoms with Gasteiger partial charge in [0, 0.05) is 48.2 Å². The number of anilines is 2. The van der Waals surface area contributed by atoms with Gasteiger partial charge in [0.2, 0.25) is 11.8 Å². The number of imide groups is 1. The molecule has 0 unspecified atom stereocenters. The number of aromatic amines is 1. The maximum absolute atomic E-state index is 13.6. The van der Waals surface area contributed by atoms with E-state index in [4.69, 9.17) is 0 Å². The zero-order chi connectivity index (χ0) is 24.8. The molecule has 2 aliphatic rings. The predicted octanol–water partition coefficient (Wildman–Crippen LogP) is 4.41. The molecule has 1 saturated heterocycles. The van der Waals surface area contributed by atoms with Gasteiger partial charge in [0.25, 0.3) is 5.91 Å². The van der Waals surface area contributed by atoms with E-state index in [1.165, 1.54) is 28.3 Å². The molecular formula is C29H26N4O3. The van der Waals surface area contributed by atoms with Crippen LogP contribution in [0.5, 0.6) is 0 Å². The van der Waals surface area contributed by atoms with E-state index in [0.29, 0.717) is 24.5 Å². The summed E-state index contributed by atoms with van der Waals surface area (Å²) in [5, 5.41) is 3.91. The Balaban J connectivity index is 1.33. The zero-order valence-corrected chi connectivity index (χ0v) is 19.9. The van der Waals surface area contributed by atoms with Crippen LogP contribution >= 0.6 is 0 Å². The van der Waals surface area contributed by atoms with Crippen molar-refractivity contribution in [2.75, 3.05) is 16.8 Å². The lowest BCUT2D eigenvalue weighted by atomic mass is 9.85. The van der Waals surface area contributed by atoms with Crippen LogP contribution < -0.4 is 10.2 Å². The molecule has 7 nitrogen and oxygen atoms in total. The summed E-state index contributed by atoms with van der Waals surface area (Å²) >= 11 is 0. The lowest BCUT2D eigenvalue weighted by Gasteiger charge is -2.36. The van der Waals surface area contributed by atoms with Gasteiger partial charge in [0.15, 0.2) is 0 Å².